The third-order valence-electron chi connectivity index (χ3n) is 5.70. The van der Waals surface area contributed by atoms with Crippen LogP contribution in [0.5, 0.6) is 0 Å². The Morgan fingerprint density at radius 2 is 2.00 bits per heavy atom. The minimum Gasteiger partial charge on any atom is -0.367 e. The number of rotatable bonds is 4. The van der Waals surface area contributed by atoms with Crippen molar-refractivity contribution < 1.29 is 13.2 Å². The van der Waals surface area contributed by atoms with Crippen molar-refractivity contribution in [3.8, 4) is 0 Å². The summed E-state index contributed by atoms with van der Waals surface area (Å²) in [5, 5.41) is 10.7. The first-order valence-corrected chi connectivity index (χ1v) is 9.69. The van der Waals surface area contributed by atoms with Gasteiger partial charge in [0.15, 0.2) is 0 Å². The molecular weight excluding hydrogens is 395 g/mol. The Kier molecular flexibility index (Phi) is 4.27. The van der Waals surface area contributed by atoms with E-state index >= 15 is 0 Å². The number of pyridine rings is 2. The van der Waals surface area contributed by atoms with Gasteiger partial charge in [-0.25, -0.2) is 4.98 Å². The Balaban J connectivity index is 1.66. The van der Waals surface area contributed by atoms with E-state index in [1.807, 2.05) is 0 Å². The van der Waals surface area contributed by atoms with Crippen LogP contribution in [0.25, 0.3) is 21.8 Å². The molecule has 3 aromatic heterocycles. The molecule has 5 rings (SSSR count). The number of benzene rings is 1. The number of hydrogen-bond acceptors (Lipinski definition) is 4. The maximum atomic E-state index is 14.2. The summed E-state index contributed by atoms with van der Waals surface area (Å²) in [7, 11) is 0. The molecule has 0 saturated heterocycles. The third-order valence-corrected chi connectivity index (χ3v) is 5.70. The summed E-state index contributed by atoms with van der Waals surface area (Å²) in [5.74, 6) is -1.62. The largest absolute Gasteiger partial charge is 0.399 e. The normalized spacial score (nSPS) is 16.0. The molecule has 1 saturated carbocycles. The molecule has 1 fully saturated rings. The molecule has 6 nitrogen and oxygen atoms in total. The molecule has 154 valence electrons. The van der Waals surface area contributed by atoms with Gasteiger partial charge in [-0.15, -0.1) is 0 Å². The lowest BCUT2D eigenvalue weighted by molar-refractivity contribution is -0.141. The maximum Gasteiger partial charge on any atom is 0.399 e. The highest BCUT2D eigenvalue weighted by Crippen LogP contribution is 2.43. The Bertz CT molecular complexity index is 1290. The number of aromatic nitrogens is 4. The standard InChI is InChI=1S/C21H18F3N5O/c22-21(23,24)17(14-5-2-8-25-19(14)27-12-3-1-4-12)11-6-7-13-16(9-11)28-20(30)15-10-26-29-18(13)15/h2,5-10,12,17H,1,3-4H2,(H,25,27)(H,26,29)(H,28,30). The molecule has 1 atom stereocenters. The molecule has 0 amide bonds. The first kappa shape index (κ1) is 18.7. The fourth-order valence-corrected chi connectivity index (χ4v) is 3.98. The highest BCUT2D eigenvalue weighted by atomic mass is 19.4. The molecule has 0 aliphatic heterocycles. The second-order valence-corrected chi connectivity index (χ2v) is 7.61. The van der Waals surface area contributed by atoms with Crippen molar-refractivity contribution >= 4 is 27.6 Å². The van der Waals surface area contributed by atoms with Crippen LogP contribution in [-0.2, 0) is 0 Å². The smallest absolute Gasteiger partial charge is 0.367 e. The van der Waals surface area contributed by atoms with Crippen LogP contribution in [0.15, 0.2) is 47.5 Å². The van der Waals surface area contributed by atoms with E-state index in [1.165, 1.54) is 36.7 Å². The molecule has 1 aromatic carbocycles. The van der Waals surface area contributed by atoms with Crippen LogP contribution in [0.3, 0.4) is 0 Å². The average Bonchev–Trinajstić information content (AvgIpc) is 3.15. The topological polar surface area (TPSA) is 86.5 Å². The number of fused-ring (bicyclic) bond motifs is 3. The van der Waals surface area contributed by atoms with Gasteiger partial charge in [-0.2, -0.15) is 18.3 Å². The van der Waals surface area contributed by atoms with E-state index < -0.39 is 17.7 Å². The first-order valence-electron chi connectivity index (χ1n) is 9.69. The van der Waals surface area contributed by atoms with Crippen molar-refractivity contribution in [2.45, 2.75) is 37.4 Å². The zero-order valence-corrected chi connectivity index (χ0v) is 15.8. The minimum atomic E-state index is -4.54. The number of aromatic amines is 2. The van der Waals surface area contributed by atoms with Gasteiger partial charge in [0, 0.05) is 23.2 Å². The first-order chi connectivity index (χ1) is 14.4. The van der Waals surface area contributed by atoms with Gasteiger partial charge in [-0.1, -0.05) is 18.2 Å². The molecule has 4 aromatic rings. The zero-order chi connectivity index (χ0) is 20.9. The summed E-state index contributed by atoms with van der Waals surface area (Å²) in [6, 6.07) is 7.52. The summed E-state index contributed by atoms with van der Waals surface area (Å²) < 4.78 is 42.7. The lowest BCUT2D eigenvalue weighted by Crippen LogP contribution is -2.30. The lowest BCUT2D eigenvalue weighted by atomic mass is 9.88. The summed E-state index contributed by atoms with van der Waals surface area (Å²) >= 11 is 0. The highest BCUT2D eigenvalue weighted by molar-refractivity contribution is 6.02. The molecule has 0 bridgehead atoms. The van der Waals surface area contributed by atoms with Gasteiger partial charge >= 0.3 is 6.18 Å². The Morgan fingerprint density at radius 1 is 1.17 bits per heavy atom. The van der Waals surface area contributed by atoms with Crippen LogP contribution in [0.4, 0.5) is 19.0 Å². The van der Waals surface area contributed by atoms with Crippen molar-refractivity contribution in [3.63, 3.8) is 0 Å². The van der Waals surface area contributed by atoms with Gasteiger partial charge in [-0.05, 0) is 37.0 Å². The maximum absolute atomic E-state index is 14.2. The molecule has 1 unspecified atom stereocenters. The minimum absolute atomic E-state index is 0.0363. The molecule has 3 heterocycles. The second-order valence-electron chi connectivity index (χ2n) is 7.61. The number of nitrogens with one attached hydrogen (secondary N) is 3. The van der Waals surface area contributed by atoms with Crippen LogP contribution in [0, 0.1) is 0 Å². The van der Waals surface area contributed by atoms with E-state index in [0.29, 0.717) is 21.8 Å². The molecule has 0 spiro atoms. The molecule has 3 N–H and O–H groups in total. The van der Waals surface area contributed by atoms with Gasteiger partial charge in [0.25, 0.3) is 5.56 Å². The molecule has 30 heavy (non-hydrogen) atoms. The average molecular weight is 413 g/mol. The van der Waals surface area contributed by atoms with Crippen LogP contribution in [-0.4, -0.2) is 32.4 Å². The molecular formula is C21H18F3N5O. The van der Waals surface area contributed by atoms with Crippen LogP contribution >= 0.6 is 0 Å². The number of hydrogen-bond donors (Lipinski definition) is 3. The van der Waals surface area contributed by atoms with Gasteiger partial charge in [0.2, 0.25) is 0 Å². The highest BCUT2D eigenvalue weighted by Gasteiger charge is 2.43. The number of H-pyrrole nitrogens is 2. The number of alkyl halides is 3. The molecule has 0 radical (unpaired) electrons. The number of nitrogens with zero attached hydrogens (tertiary/aromatic N) is 2. The SMILES string of the molecule is O=c1[nH]c2cc(C(c3cccnc3NC3CCC3)C(F)(F)F)ccc2c2[nH]ncc12. The van der Waals surface area contributed by atoms with Crippen molar-refractivity contribution in [1.82, 2.24) is 20.2 Å². The van der Waals surface area contributed by atoms with E-state index in [9.17, 15) is 18.0 Å². The third kappa shape index (κ3) is 3.10. The summed E-state index contributed by atoms with van der Waals surface area (Å²) in [4.78, 5) is 19.1. The predicted molar refractivity (Wildman–Crippen MR) is 108 cm³/mol. The molecule has 9 heteroatoms. The fraction of sp³-hybridized carbons (Fsp3) is 0.286. The van der Waals surface area contributed by atoms with Gasteiger partial charge in [-0.3, -0.25) is 9.89 Å². The number of halogens is 3. The Morgan fingerprint density at radius 3 is 2.73 bits per heavy atom. The van der Waals surface area contributed by atoms with E-state index in [1.54, 1.807) is 6.07 Å². The Labute approximate surface area is 168 Å². The monoisotopic (exact) mass is 413 g/mol. The summed E-state index contributed by atoms with van der Waals surface area (Å²) in [6.45, 7) is 0. The van der Waals surface area contributed by atoms with Crippen LogP contribution in [0.2, 0.25) is 0 Å². The second kappa shape index (κ2) is 6.86. The van der Waals surface area contributed by atoms with Gasteiger partial charge in [0.05, 0.1) is 22.6 Å². The molecule has 1 aliphatic rings. The van der Waals surface area contributed by atoms with Crippen molar-refractivity contribution in [3.05, 3.63) is 64.2 Å². The van der Waals surface area contributed by atoms with Gasteiger partial charge in [0.1, 0.15) is 11.7 Å². The van der Waals surface area contributed by atoms with Crippen LogP contribution in [0.1, 0.15) is 36.3 Å². The molecule has 1 aliphatic carbocycles. The van der Waals surface area contributed by atoms with Crippen molar-refractivity contribution in [1.29, 1.82) is 0 Å². The quantitative estimate of drug-likeness (QED) is 0.461. The van der Waals surface area contributed by atoms with E-state index in [-0.39, 0.29) is 23.0 Å². The van der Waals surface area contributed by atoms with Crippen molar-refractivity contribution in [2.75, 3.05) is 5.32 Å². The summed E-state index contributed by atoms with van der Waals surface area (Å²) in [5.41, 5.74) is 0.523. The predicted octanol–water partition coefficient (Wildman–Crippen LogP) is 4.46. The van der Waals surface area contributed by atoms with Crippen molar-refractivity contribution in [2.24, 2.45) is 0 Å². The van der Waals surface area contributed by atoms with E-state index in [2.05, 4.69) is 25.5 Å². The lowest BCUT2D eigenvalue weighted by Gasteiger charge is -2.30. The number of anilines is 1. The Hall–Kier alpha value is -3.36. The van der Waals surface area contributed by atoms with E-state index in [4.69, 9.17) is 0 Å². The fourth-order valence-electron chi connectivity index (χ4n) is 3.98. The summed E-state index contributed by atoms with van der Waals surface area (Å²) in [6.07, 6.45) is 1.25. The van der Waals surface area contributed by atoms with Crippen LogP contribution < -0.4 is 10.9 Å². The zero-order valence-electron chi connectivity index (χ0n) is 15.8. The van der Waals surface area contributed by atoms with Gasteiger partial charge < -0.3 is 10.3 Å². The van der Waals surface area contributed by atoms with E-state index in [0.717, 1.165) is 19.3 Å².